The van der Waals surface area contributed by atoms with Crippen LogP contribution in [0, 0.1) is 5.92 Å². The largest absolute Gasteiger partial charge is 0.310 e. The molecule has 1 aliphatic rings. The summed E-state index contributed by atoms with van der Waals surface area (Å²) in [5, 5.41) is 6.39. The monoisotopic (exact) mass is 285 g/mol. The van der Waals surface area contributed by atoms with Crippen molar-refractivity contribution in [2.75, 3.05) is 18.1 Å². The summed E-state index contributed by atoms with van der Waals surface area (Å²) in [5.41, 5.74) is 1.40. The molecule has 1 saturated heterocycles. The summed E-state index contributed by atoms with van der Waals surface area (Å²) >= 11 is 2.10. The summed E-state index contributed by atoms with van der Waals surface area (Å²) in [5.74, 6) is 3.56. The normalized spacial score (nSPS) is 18.2. The quantitative estimate of drug-likeness (QED) is 0.878. The van der Waals surface area contributed by atoms with Gasteiger partial charge in [-0.3, -0.25) is 0 Å². The van der Waals surface area contributed by atoms with E-state index in [1.54, 1.807) is 0 Å². The molecule has 1 aliphatic heterocycles. The molecule has 1 atom stereocenters. The molecule has 0 aromatic heterocycles. The molecule has 2 aromatic rings. The van der Waals surface area contributed by atoms with Crippen LogP contribution in [-0.4, -0.2) is 18.1 Å². The van der Waals surface area contributed by atoms with Crippen molar-refractivity contribution in [2.45, 2.75) is 25.8 Å². The van der Waals surface area contributed by atoms with Crippen molar-refractivity contribution >= 4 is 22.5 Å². The molecule has 0 saturated carbocycles. The van der Waals surface area contributed by atoms with Crippen molar-refractivity contribution in [1.82, 2.24) is 5.32 Å². The van der Waals surface area contributed by atoms with Gasteiger partial charge in [-0.2, -0.15) is 11.8 Å². The molecule has 0 aliphatic carbocycles. The molecule has 1 heterocycles. The number of thioether (sulfide) groups is 1. The van der Waals surface area contributed by atoms with E-state index in [0.717, 1.165) is 12.5 Å². The molecule has 3 rings (SSSR count). The van der Waals surface area contributed by atoms with E-state index in [4.69, 9.17) is 0 Å². The van der Waals surface area contributed by atoms with Crippen molar-refractivity contribution in [3.8, 4) is 0 Å². The maximum Gasteiger partial charge on any atom is 0.0292 e. The summed E-state index contributed by atoms with van der Waals surface area (Å²) in [7, 11) is 0. The molecule has 1 fully saturated rings. The molecule has 1 nitrogen and oxygen atoms in total. The molecule has 2 aromatic carbocycles. The van der Waals surface area contributed by atoms with E-state index in [-0.39, 0.29) is 0 Å². The molecule has 0 radical (unpaired) electrons. The Balaban J connectivity index is 1.64. The van der Waals surface area contributed by atoms with Crippen LogP contribution in [0.3, 0.4) is 0 Å². The van der Waals surface area contributed by atoms with Gasteiger partial charge in [-0.25, -0.2) is 0 Å². The Morgan fingerprint density at radius 2 is 1.85 bits per heavy atom. The molecular formula is C18H23NS. The van der Waals surface area contributed by atoms with Gasteiger partial charge >= 0.3 is 0 Å². The number of fused-ring (bicyclic) bond motifs is 1. The number of rotatable bonds is 4. The van der Waals surface area contributed by atoms with Crippen LogP contribution in [0.25, 0.3) is 10.8 Å². The van der Waals surface area contributed by atoms with Crippen molar-refractivity contribution in [3.63, 3.8) is 0 Å². The van der Waals surface area contributed by atoms with Crippen LogP contribution in [0.2, 0.25) is 0 Å². The summed E-state index contributed by atoms with van der Waals surface area (Å²) in [6.07, 6.45) is 2.75. The van der Waals surface area contributed by atoms with Gasteiger partial charge in [0.15, 0.2) is 0 Å². The van der Waals surface area contributed by atoms with Crippen LogP contribution >= 0.6 is 11.8 Å². The van der Waals surface area contributed by atoms with E-state index in [0.29, 0.717) is 6.04 Å². The lowest BCUT2D eigenvalue weighted by Gasteiger charge is -2.24. The fraction of sp³-hybridized carbons (Fsp3) is 0.444. The lowest BCUT2D eigenvalue weighted by molar-refractivity contribution is 0.421. The fourth-order valence-electron chi connectivity index (χ4n) is 2.89. The van der Waals surface area contributed by atoms with Gasteiger partial charge in [-0.15, -0.1) is 0 Å². The molecule has 0 bridgehead atoms. The fourth-order valence-corrected chi connectivity index (χ4v) is 4.09. The third kappa shape index (κ3) is 3.36. The Morgan fingerprint density at radius 1 is 1.10 bits per heavy atom. The summed E-state index contributed by atoms with van der Waals surface area (Å²) in [4.78, 5) is 0. The van der Waals surface area contributed by atoms with Crippen molar-refractivity contribution in [3.05, 3.63) is 48.0 Å². The highest BCUT2D eigenvalue weighted by atomic mass is 32.2. The van der Waals surface area contributed by atoms with E-state index in [9.17, 15) is 0 Å². The highest BCUT2D eigenvalue weighted by molar-refractivity contribution is 7.99. The minimum absolute atomic E-state index is 0.439. The van der Waals surface area contributed by atoms with Gasteiger partial charge in [0.2, 0.25) is 0 Å². The second-order valence-electron chi connectivity index (χ2n) is 5.79. The minimum Gasteiger partial charge on any atom is -0.310 e. The third-order valence-corrected chi connectivity index (χ3v) is 5.38. The SMILES string of the molecule is CC(NCC1CCSCC1)c1ccc2ccccc2c1. The molecule has 106 valence electrons. The number of hydrogen-bond donors (Lipinski definition) is 1. The number of hydrogen-bond acceptors (Lipinski definition) is 2. The van der Waals surface area contributed by atoms with Gasteiger partial charge in [0.25, 0.3) is 0 Å². The first-order valence-electron chi connectivity index (χ1n) is 7.63. The predicted octanol–water partition coefficient (Wildman–Crippen LogP) is 4.63. The van der Waals surface area contributed by atoms with Gasteiger partial charge in [-0.1, -0.05) is 36.4 Å². The zero-order chi connectivity index (χ0) is 13.8. The number of nitrogens with one attached hydrogen (secondary N) is 1. The van der Waals surface area contributed by atoms with Crippen molar-refractivity contribution in [1.29, 1.82) is 0 Å². The molecule has 0 amide bonds. The Morgan fingerprint density at radius 3 is 2.65 bits per heavy atom. The minimum atomic E-state index is 0.439. The maximum atomic E-state index is 3.72. The smallest absolute Gasteiger partial charge is 0.0292 e. The zero-order valence-electron chi connectivity index (χ0n) is 12.1. The Bertz CT molecular complexity index is 560. The van der Waals surface area contributed by atoms with Crippen molar-refractivity contribution < 1.29 is 0 Å². The predicted molar refractivity (Wildman–Crippen MR) is 90.4 cm³/mol. The first kappa shape index (κ1) is 14.0. The van der Waals surface area contributed by atoms with E-state index >= 15 is 0 Å². The highest BCUT2D eigenvalue weighted by Gasteiger charge is 2.14. The first-order chi connectivity index (χ1) is 9.83. The second-order valence-corrected chi connectivity index (χ2v) is 7.02. The number of benzene rings is 2. The topological polar surface area (TPSA) is 12.0 Å². The van der Waals surface area contributed by atoms with Gasteiger partial charge in [-0.05, 0) is 66.1 Å². The van der Waals surface area contributed by atoms with Crippen LogP contribution in [-0.2, 0) is 0 Å². The lowest BCUT2D eigenvalue weighted by atomic mass is 10.00. The average Bonchev–Trinajstić information content (AvgIpc) is 2.53. The van der Waals surface area contributed by atoms with Crippen LogP contribution in [0.1, 0.15) is 31.4 Å². The Labute approximate surface area is 126 Å². The second kappa shape index (κ2) is 6.64. The summed E-state index contributed by atoms with van der Waals surface area (Å²) in [6, 6.07) is 15.9. The highest BCUT2D eigenvalue weighted by Crippen LogP contribution is 2.24. The van der Waals surface area contributed by atoms with E-state index in [1.165, 1.54) is 40.7 Å². The summed E-state index contributed by atoms with van der Waals surface area (Å²) in [6.45, 7) is 3.44. The molecule has 1 N–H and O–H groups in total. The van der Waals surface area contributed by atoms with Gasteiger partial charge in [0.1, 0.15) is 0 Å². The molecular weight excluding hydrogens is 262 g/mol. The molecule has 2 heteroatoms. The van der Waals surface area contributed by atoms with E-state index < -0.39 is 0 Å². The lowest BCUT2D eigenvalue weighted by Crippen LogP contribution is -2.27. The molecule has 0 spiro atoms. The molecule has 1 unspecified atom stereocenters. The van der Waals surface area contributed by atoms with Gasteiger partial charge < -0.3 is 5.32 Å². The van der Waals surface area contributed by atoms with Crippen LogP contribution in [0.15, 0.2) is 42.5 Å². The van der Waals surface area contributed by atoms with Crippen LogP contribution < -0.4 is 5.32 Å². The van der Waals surface area contributed by atoms with Crippen LogP contribution in [0.5, 0.6) is 0 Å². The maximum absolute atomic E-state index is 3.72. The van der Waals surface area contributed by atoms with Gasteiger partial charge in [0.05, 0.1) is 0 Å². The standard InChI is InChI=1S/C18H23NS/c1-14(19-13-15-8-10-20-11-9-15)17-7-6-16-4-2-3-5-18(16)12-17/h2-7,12,14-15,19H,8-11,13H2,1H3. The Kier molecular flexibility index (Phi) is 4.64. The molecule has 20 heavy (non-hydrogen) atoms. The van der Waals surface area contributed by atoms with Crippen molar-refractivity contribution in [2.24, 2.45) is 5.92 Å². The van der Waals surface area contributed by atoms with E-state index in [1.807, 2.05) is 0 Å². The van der Waals surface area contributed by atoms with Crippen LogP contribution in [0.4, 0.5) is 0 Å². The Hall–Kier alpha value is -0.990. The zero-order valence-corrected chi connectivity index (χ0v) is 13.0. The summed E-state index contributed by atoms with van der Waals surface area (Å²) < 4.78 is 0. The van der Waals surface area contributed by atoms with E-state index in [2.05, 4.69) is 66.5 Å². The van der Waals surface area contributed by atoms with Gasteiger partial charge in [0, 0.05) is 6.04 Å². The first-order valence-corrected chi connectivity index (χ1v) is 8.78. The average molecular weight is 285 g/mol. The third-order valence-electron chi connectivity index (χ3n) is 4.33.